The summed E-state index contributed by atoms with van der Waals surface area (Å²) in [4.78, 5) is 0. The monoisotopic (exact) mass is 199 g/mol. The summed E-state index contributed by atoms with van der Waals surface area (Å²) < 4.78 is 13.2. The van der Waals surface area contributed by atoms with Crippen LogP contribution in [-0.4, -0.2) is 16.3 Å². The van der Waals surface area contributed by atoms with Crippen LogP contribution in [0.4, 0.5) is 4.39 Å². The molecule has 0 bridgehead atoms. The molecule has 4 N–H and O–H groups in total. The van der Waals surface area contributed by atoms with E-state index in [4.69, 9.17) is 10.8 Å². The number of nitrogens with two attached hydrogens (primary N) is 1. The van der Waals surface area contributed by atoms with Crippen LogP contribution in [0.1, 0.15) is 24.1 Å². The van der Waals surface area contributed by atoms with E-state index in [1.807, 2.05) is 0 Å². The second-order valence-corrected chi connectivity index (χ2v) is 3.28. The molecule has 0 aliphatic rings. The highest BCUT2D eigenvalue weighted by Crippen LogP contribution is 2.17. The fraction of sp³-hybridized carbons (Fsp3) is 0.400. The van der Waals surface area contributed by atoms with E-state index in [-0.39, 0.29) is 12.2 Å². The van der Waals surface area contributed by atoms with Crippen molar-refractivity contribution in [3.05, 3.63) is 35.1 Å². The van der Waals surface area contributed by atoms with Crippen LogP contribution in [0.5, 0.6) is 0 Å². The molecule has 0 saturated carbocycles. The van der Waals surface area contributed by atoms with Crippen LogP contribution in [0.2, 0.25) is 0 Å². The quantitative estimate of drug-likeness (QED) is 0.671. The van der Waals surface area contributed by atoms with E-state index in [9.17, 15) is 9.50 Å². The lowest BCUT2D eigenvalue weighted by Crippen LogP contribution is -2.23. The molecule has 0 saturated heterocycles. The SMILES string of the molecule is C[C@@H](O)[C@H](N)c1ccc(CO)c(F)c1. The Labute approximate surface area is 82.0 Å². The Morgan fingerprint density at radius 1 is 1.50 bits per heavy atom. The van der Waals surface area contributed by atoms with Crippen molar-refractivity contribution in [1.29, 1.82) is 0 Å². The Kier molecular flexibility index (Phi) is 3.57. The molecular weight excluding hydrogens is 185 g/mol. The second-order valence-electron chi connectivity index (χ2n) is 3.28. The maximum atomic E-state index is 13.2. The van der Waals surface area contributed by atoms with Crippen LogP contribution >= 0.6 is 0 Å². The molecule has 4 heteroatoms. The predicted octanol–water partition coefficient (Wildman–Crippen LogP) is 0.699. The molecule has 0 amide bonds. The van der Waals surface area contributed by atoms with Crippen molar-refractivity contribution in [2.75, 3.05) is 0 Å². The van der Waals surface area contributed by atoms with E-state index in [2.05, 4.69) is 0 Å². The third kappa shape index (κ3) is 2.29. The van der Waals surface area contributed by atoms with Crippen molar-refractivity contribution in [1.82, 2.24) is 0 Å². The van der Waals surface area contributed by atoms with Gasteiger partial charge in [0, 0.05) is 5.56 Å². The predicted molar refractivity (Wildman–Crippen MR) is 50.9 cm³/mol. The van der Waals surface area contributed by atoms with Crippen LogP contribution in [0.15, 0.2) is 18.2 Å². The summed E-state index contributed by atoms with van der Waals surface area (Å²) in [5, 5.41) is 17.9. The van der Waals surface area contributed by atoms with Gasteiger partial charge in [0.2, 0.25) is 0 Å². The maximum Gasteiger partial charge on any atom is 0.129 e. The lowest BCUT2D eigenvalue weighted by Gasteiger charge is -2.15. The van der Waals surface area contributed by atoms with Crippen molar-refractivity contribution in [2.45, 2.75) is 25.7 Å². The van der Waals surface area contributed by atoms with Gasteiger partial charge in [0.1, 0.15) is 5.82 Å². The molecular formula is C10H14FNO2. The average Bonchev–Trinajstić information content (AvgIpc) is 2.16. The van der Waals surface area contributed by atoms with E-state index in [0.29, 0.717) is 5.56 Å². The number of hydrogen-bond acceptors (Lipinski definition) is 3. The van der Waals surface area contributed by atoms with Gasteiger partial charge in [-0.25, -0.2) is 4.39 Å². The van der Waals surface area contributed by atoms with E-state index in [1.54, 1.807) is 13.0 Å². The zero-order valence-electron chi connectivity index (χ0n) is 7.94. The van der Waals surface area contributed by atoms with Crippen LogP contribution in [-0.2, 0) is 6.61 Å². The highest BCUT2D eigenvalue weighted by molar-refractivity contribution is 5.26. The first-order valence-corrected chi connectivity index (χ1v) is 4.39. The Morgan fingerprint density at radius 2 is 2.14 bits per heavy atom. The molecule has 2 atom stereocenters. The molecule has 0 aliphatic heterocycles. The number of halogens is 1. The molecule has 1 rings (SSSR count). The lowest BCUT2D eigenvalue weighted by atomic mass is 10.0. The summed E-state index contributed by atoms with van der Waals surface area (Å²) in [5.74, 6) is -0.499. The van der Waals surface area contributed by atoms with Crippen LogP contribution in [0.3, 0.4) is 0 Å². The average molecular weight is 199 g/mol. The summed E-state index contributed by atoms with van der Waals surface area (Å²) in [5.41, 5.74) is 6.37. The van der Waals surface area contributed by atoms with Gasteiger partial charge in [0.15, 0.2) is 0 Å². The van der Waals surface area contributed by atoms with Gasteiger partial charge in [-0.2, -0.15) is 0 Å². The van der Waals surface area contributed by atoms with Crippen molar-refractivity contribution >= 4 is 0 Å². The van der Waals surface area contributed by atoms with Gasteiger partial charge < -0.3 is 15.9 Å². The van der Waals surface area contributed by atoms with Crippen molar-refractivity contribution < 1.29 is 14.6 Å². The van der Waals surface area contributed by atoms with Crippen molar-refractivity contribution in [2.24, 2.45) is 5.73 Å². The summed E-state index contributed by atoms with van der Waals surface area (Å²) >= 11 is 0. The Bertz CT molecular complexity index is 315. The Balaban J connectivity index is 2.96. The van der Waals surface area contributed by atoms with Crippen LogP contribution in [0.25, 0.3) is 0 Å². The molecule has 3 nitrogen and oxygen atoms in total. The first kappa shape index (κ1) is 11.1. The topological polar surface area (TPSA) is 66.5 Å². The third-order valence-corrected chi connectivity index (χ3v) is 2.15. The van der Waals surface area contributed by atoms with E-state index >= 15 is 0 Å². The highest BCUT2D eigenvalue weighted by atomic mass is 19.1. The molecule has 78 valence electrons. The van der Waals surface area contributed by atoms with E-state index in [0.717, 1.165) is 0 Å². The molecule has 1 aromatic rings. The number of benzene rings is 1. The summed E-state index contributed by atoms with van der Waals surface area (Å²) in [6.07, 6.45) is -0.727. The number of rotatable bonds is 3. The summed E-state index contributed by atoms with van der Waals surface area (Å²) in [6.45, 7) is 1.21. The normalized spacial score (nSPS) is 15.2. The third-order valence-electron chi connectivity index (χ3n) is 2.15. The summed E-state index contributed by atoms with van der Waals surface area (Å²) in [7, 11) is 0. The first-order chi connectivity index (χ1) is 6.56. The summed E-state index contributed by atoms with van der Waals surface area (Å²) in [6, 6.07) is 3.71. The standard InChI is InChI=1S/C10H14FNO2/c1-6(14)10(12)7-2-3-8(5-13)9(11)4-7/h2-4,6,10,13-14H,5,12H2,1H3/t6-,10+/m1/s1. The zero-order chi connectivity index (χ0) is 10.7. The fourth-order valence-electron chi connectivity index (χ4n) is 1.18. The molecule has 0 spiro atoms. The number of aliphatic hydroxyl groups excluding tert-OH is 2. The maximum absolute atomic E-state index is 13.2. The Hall–Kier alpha value is -0.970. The van der Waals surface area contributed by atoms with Gasteiger partial charge in [0.05, 0.1) is 18.8 Å². The minimum atomic E-state index is -0.727. The van der Waals surface area contributed by atoms with E-state index < -0.39 is 18.0 Å². The van der Waals surface area contributed by atoms with Gasteiger partial charge in [-0.3, -0.25) is 0 Å². The molecule has 0 fully saturated rings. The van der Waals surface area contributed by atoms with Gasteiger partial charge in [-0.15, -0.1) is 0 Å². The zero-order valence-corrected chi connectivity index (χ0v) is 7.94. The van der Waals surface area contributed by atoms with Crippen LogP contribution < -0.4 is 5.73 Å². The molecule has 1 aromatic carbocycles. The first-order valence-electron chi connectivity index (χ1n) is 4.39. The Morgan fingerprint density at radius 3 is 2.57 bits per heavy atom. The largest absolute Gasteiger partial charge is 0.392 e. The molecule has 0 aromatic heterocycles. The van der Waals surface area contributed by atoms with Gasteiger partial charge >= 0.3 is 0 Å². The van der Waals surface area contributed by atoms with Crippen molar-refractivity contribution in [3.63, 3.8) is 0 Å². The van der Waals surface area contributed by atoms with Gasteiger partial charge in [-0.05, 0) is 18.6 Å². The highest BCUT2D eigenvalue weighted by Gasteiger charge is 2.13. The number of aliphatic hydroxyl groups is 2. The minimum absolute atomic E-state index is 0.228. The van der Waals surface area contributed by atoms with Gasteiger partial charge in [-0.1, -0.05) is 12.1 Å². The number of hydrogen-bond donors (Lipinski definition) is 3. The molecule has 0 unspecified atom stereocenters. The minimum Gasteiger partial charge on any atom is -0.392 e. The molecule has 0 radical (unpaired) electrons. The molecule has 0 aliphatic carbocycles. The fourth-order valence-corrected chi connectivity index (χ4v) is 1.18. The molecule has 14 heavy (non-hydrogen) atoms. The second kappa shape index (κ2) is 4.50. The van der Waals surface area contributed by atoms with Crippen LogP contribution in [0, 0.1) is 5.82 Å². The van der Waals surface area contributed by atoms with E-state index in [1.165, 1.54) is 12.1 Å². The lowest BCUT2D eigenvalue weighted by molar-refractivity contribution is 0.164. The molecule has 0 heterocycles. The smallest absolute Gasteiger partial charge is 0.129 e. The van der Waals surface area contributed by atoms with Crippen molar-refractivity contribution in [3.8, 4) is 0 Å². The van der Waals surface area contributed by atoms with Gasteiger partial charge in [0.25, 0.3) is 0 Å².